The first kappa shape index (κ1) is 42.0. The molecule has 0 saturated heterocycles. The monoisotopic (exact) mass is 938 g/mol. The highest BCUT2D eigenvalue weighted by Crippen LogP contribution is 2.64. The van der Waals surface area contributed by atoms with Crippen molar-refractivity contribution in [2.45, 2.75) is 0 Å². The van der Waals surface area contributed by atoms with E-state index in [1.165, 1.54) is 133 Å². The van der Waals surface area contributed by atoms with E-state index in [9.17, 15) is 0 Å². The summed E-state index contributed by atoms with van der Waals surface area (Å²) in [6, 6.07) is 103. The summed E-state index contributed by atoms with van der Waals surface area (Å²) in [6.45, 7) is 0. The third-order valence-corrected chi connectivity index (χ3v) is 15.5. The molecule has 0 unspecified atom stereocenters. The molecule has 0 bridgehead atoms. The van der Waals surface area contributed by atoms with Crippen LogP contribution in [0.15, 0.2) is 285 Å². The summed E-state index contributed by atoms with van der Waals surface area (Å²) in [7, 11) is 0. The molecule has 74 heavy (non-hydrogen) atoms. The Hall–Kier alpha value is -9.76. The number of allylic oxidation sites excluding steroid dienone is 5. The summed E-state index contributed by atoms with van der Waals surface area (Å²) < 4.78 is 4.91. The van der Waals surface area contributed by atoms with Gasteiger partial charge in [0.1, 0.15) is 0 Å². The van der Waals surface area contributed by atoms with Gasteiger partial charge in [-0.05, 0) is 150 Å². The summed E-state index contributed by atoms with van der Waals surface area (Å²) in [5, 5.41) is 4.91. The van der Waals surface area contributed by atoms with E-state index < -0.39 is 0 Å². The molecule has 0 aliphatic heterocycles. The number of benzene rings is 11. The van der Waals surface area contributed by atoms with E-state index in [4.69, 9.17) is 0 Å². The Balaban J connectivity index is 1.17. The molecule has 13 aromatic rings. The SMILES string of the molecule is c1ccc(C2=C3C(=C(c4ccccc4)c4cc(-c5ccccc5)c(-c5ccccc5)cc43)C(c3cccc4c3c3ccccc3n4-c3ccccc3)=C2c2cccc3c2c2ccccc2n3-c2ccccc2)cc1. The fourth-order valence-corrected chi connectivity index (χ4v) is 12.5. The van der Waals surface area contributed by atoms with Gasteiger partial charge in [-0.3, -0.25) is 0 Å². The minimum absolute atomic E-state index is 1.14. The summed E-state index contributed by atoms with van der Waals surface area (Å²) >= 11 is 0. The van der Waals surface area contributed by atoms with Crippen molar-refractivity contribution in [1.82, 2.24) is 9.13 Å². The average molecular weight is 939 g/mol. The molecule has 2 aliphatic carbocycles. The van der Waals surface area contributed by atoms with Gasteiger partial charge in [0, 0.05) is 32.9 Å². The number of nitrogens with zero attached hydrogens (tertiary/aromatic N) is 2. The Morgan fingerprint density at radius 3 is 0.959 bits per heavy atom. The van der Waals surface area contributed by atoms with Crippen LogP contribution in [0, 0.1) is 0 Å². The molecule has 2 heterocycles. The highest BCUT2D eigenvalue weighted by atomic mass is 15.0. The number of para-hydroxylation sites is 4. The maximum Gasteiger partial charge on any atom is 0.0547 e. The molecule has 2 nitrogen and oxygen atoms in total. The van der Waals surface area contributed by atoms with Crippen LogP contribution in [0.3, 0.4) is 0 Å². The molecule has 0 saturated carbocycles. The second kappa shape index (κ2) is 16.9. The van der Waals surface area contributed by atoms with Crippen molar-refractivity contribution in [3.63, 3.8) is 0 Å². The van der Waals surface area contributed by atoms with E-state index in [0.29, 0.717) is 0 Å². The maximum atomic E-state index is 2.52. The number of fused-ring (bicyclic) bond motifs is 9. The Labute approximate surface area is 430 Å². The van der Waals surface area contributed by atoms with E-state index in [1.807, 2.05) is 0 Å². The van der Waals surface area contributed by atoms with Crippen LogP contribution in [0.25, 0.3) is 105 Å². The lowest BCUT2D eigenvalue weighted by atomic mass is 9.83. The van der Waals surface area contributed by atoms with E-state index in [1.54, 1.807) is 0 Å². The van der Waals surface area contributed by atoms with Gasteiger partial charge in [0.05, 0.1) is 22.1 Å². The zero-order chi connectivity index (χ0) is 48.7. The lowest BCUT2D eigenvalue weighted by Gasteiger charge is -2.20. The Morgan fingerprint density at radius 1 is 0.189 bits per heavy atom. The van der Waals surface area contributed by atoms with Crippen LogP contribution in [0.2, 0.25) is 0 Å². The zero-order valence-electron chi connectivity index (χ0n) is 40.5. The van der Waals surface area contributed by atoms with Gasteiger partial charge in [-0.15, -0.1) is 0 Å². The number of aromatic nitrogens is 2. The van der Waals surface area contributed by atoms with Gasteiger partial charge in [0.25, 0.3) is 0 Å². The first-order chi connectivity index (χ1) is 36.8. The van der Waals surface area contributed by atoms with Gasteiger partial charge in [0.2, 0.25) is 0 Å². The summed E-state index contributed by atoms with van der Waals surface area (Å²) in [4.78, 5) is 0. The molecule has 2 aromatic heterocycles. The fraction of sp³-hybridized carbons (Fsp3) is 0. The van der Waals surface area contributed by atoms with Crippen LogP contribution >= 0.6 is 0 Å². The third-order valence-electron chi connectivity index (χ3n) is 15.5. The lowest BCUT2D eigenvalue weighted by molar-refractivity contribution is 1.18. The van der Waals surface area contributed by atoms with Gasteiger partial charge in [-0.1, -0.05) is 218 Å². The number of rotatable bonds is 8. The maximum absolute atomic E-state index is 2.52. The number of hydrogen-bond acceptors (Lipinski definition) is 0. The Morgan fingerprint density at radius 2 is 0.514 bits per heavy atom. The predicted molar refractivity (Wildman–Crippen MR) is 311 cm³/mol. The fourth-order valence-electron chi connectivity index (χ4n) is 12.5. The van der Waals surface area contributed by atoms with Crippen LogP contribution in [0.4, 0.5) is 0 Å². The molecule has 0 N–H and O–H groups in total. The second-order valence-electron chi connectivity index (χ2n) is 19.4. The van der Waals surface area contributed by atoms with Crippen molar-refractivity contribution in [3.8, 4) is 33.6 Å². The van der Waals surface area contributed by atoms with E-state index in [0.717, 1.165) is 11.4 Å². The standard InChI is InChI=1S/C72H46N2/c1-7-25-47(26-8-1)57-45-59-60(46-58(57)48-27-9-2-10-28-48)71-66(50-31-13-4-14-32-50)69(55-39-23-43-63-67(55)53-37-19-21-41-61(53)73(63)51-33-15-5-16-34-51)70(72(71)65(59)49-29-11-3-12-30-49)56-40-24-44-64-68(56)54-38-20-22-42-62(54)74(64)52-35-17-6-18-36-52/h1-46H. The van der Waals surface area contributed by atoms with Crippen molar-refractivity contribution in [3.05, 3.63) is 318 Å². The summed E-state index contributed by atoms with van der Waals surface area (Å²) in [5.41, 5.74) is 26.5. The Kier molecular flexibility index (Phi) is 9.61. The van der Waals surface area contributed by atoms with Gasteiger partial charge in [-0.2, -0.15) is 0 Å². The summed E-state index contributed by atoms with van der Waals surface area (Å²) in [5.74, 6) is 0. The predicted octanol–water partition coefficient (Wildman–Crippen LogP) is 18.6. The van der Waals surface area contributed by atoms with Gasteiger partial charge < -0.3 is 9.13 Å². The van der Waals surface area contributed by atoms with Crippen molar-refractivity contribution >= 4 is 71.5 Å². The lowest BCUT2D eigenvalue weighted by Crippen LogP contribution is -1.98. The van der Waals surface area contributed by atoms with Gasteiger partial charge in [0.15, 0.2) is 0 Å². The average Bonchev–Trinajstić information content (AvgIpc) is 4.26. The minimum atomic E-state index is 1.14. The molecule has 0 spiro atoms. The number of hydrogen-bond donors (Lipinski definition) is 0. The molecule has 15 rings (SSSR count). The van der Waals surface area contributed by atoms with Crippen molar-refractivity contribution in [1.29, 1.82) is 0 Å². The smallest absolute Gasteiger partial charge is 0.0547 e. The van der Waals surface area contributed by atoms with E-state index in [-0.39, 0.29) is 0 Å². The third kappa shape index (κ3) is 6.32. The van der Waals surface area contributed by atoms with Crippen molar-refractivity contribution in [2.24, 2.45) is 0 Å². The van der Waals surface area contributed by atoms with Crippen molar-refractivity contribution < 1.29 is 0 Å². The molecule has 0 amide bonds. The molecule has 2 heteroatoms. The van der Waals surface area contributed by atoms with E-state index >= 15 is 0 Å². The van der Waals surface area contributed by atoms with Gasteiger partial charge >= 0.3 is 0 Å². The molecular weight excluding hydrogens is 893 g/mol. The molecule has 0 radical (unpaired) electrons. The highest BCUT2D eigenvalue weighted by Gasteiger charge is 2.42. The molecule has 11 aromatic carbocycles. The molecule has 344 valence electrons. The van der Waals surface area contributed by atoms with Crippen LogP contribution in [0.5, 0.6) is 0 Å². The van der Waals surface area contributed by atoms with E-state index in [2.05, 4.69) is 288 Å². The first-order valence-electron chi connectivity index (χ1n) is 25.6. The highest BCUT2D eigenvalue weighted by molar-refractivity contribution is 6.42. The van der Waals surface area contributed by atoms with Crippen molar-refractivity contribution in [2.75, 3.05) is 0 Å². The van der Waals surface area contributed by atoms with Crippen LogP contribution in [-0.2, 0) is 0 Å². The largest absolute Gasteiger partial charge is 0.309 e. The quantitative estimate of drug-likeness (QED) is 0.144. The van der Waals surface area contributed by atoms with Gasteiger partial charge in [-0.25, -0.2) is 0 Å². The normalized spacial score (nSPS) is 13.2. The minimum Gasteiger partial charge on any atom is -0.309 e. The Bertz CT molecular complexity index is 4460. The van der Waals surface area contributed by atoms with Crippen LogP contribution in [-0.4, -0.2) is 9.13 Å². The second-order valence-corrected chi connectivity index (χ2v) is 19.4. The molecular formula is C72H46N2. The molecule has 0 atom stereocenters. The zero-order valence-corrected chi connectivity index (χ0v) is 40.5. The topological polar surface area (TPSA) is 9.86 Å². The molecule has 2 aliphatic rings. The first-order valence-corrected chi connectivity index (χ1v) is 25.6. The summed E-state index contributed by atoms with van der Waals surface area (Å²) in [6.07, 6.45) is 0. The molecule has 0 fully saturated rings. The van der Waals surface area contributed by atoms with Crippen LogP contribution < -0.4 is 0 Å². The van der Waals surface area contributed by atoms with Crippen LogP contribution in [0.1, 0.15) is 33.4 Å².